The minimum absolute atomic E-state index is 0.164. The van der Waals surface area contributed by atoms with Gasteiger partial charge in [0, 0.05) is 0 Å². The maximum atomic E-state index is 9.73. The zero-order valence-electron chi connectivity index (χ0n) is 18.3. The predicted molar refractivity (Wildman–Crippen MR) is 118 cm³/mol. The SMILES string of the molecule is CCCCCCCOc1ccc(CC(C#N)C2CCC(CCCC)CC2)cc1. The maximum absolute atomic E-state index is 9.73. The second kappa shape index (κ2) is 13.6. The van der Waals surface area contributed by atoms with Crippen LogP contribution in [0.1, 0.15) is 96.5 Å². The quantitative estimate of drug-likeness (QED) is 0.327. The van der Waals surface area contributed by atoms with Crippen LogP contribution in [-0.4, -0.2) is 6.61 Å². The van der Waals surface area contributed by atoms with Crippen LogP contribution in [0.2, 0.25) is 0 Å². The van der Waals surface area contributed by atoms with E-state index in [1.165, 1.54) is 76.2 Å². The Labute approximate surface area is 173 Å². The van der Waals surface area contributed by atoms with Gasteiger partial charge in [0.05, 0.1) is 18.6 Å². The van der Waals surface area contributed by atoms with Crippen molar-refractivity contribution in [2.24, 2.45) is 17.8 Å². The molecule has 1 saturated carbocycles. The highest BCUT2D eigenvalue weighted by molar-refractivity contribution is 5.28. The molecule has 156 valence electrons. The van der Waals surface area contributed by atoms with Gasteiger partial charge < -0.3 is 4.74 Å². The van der Waals surface area contributed by atoms with Gasteiger partial charge in [0.15, 0.2) is 0 Å². The number of nitriles is 1. The molecule has 0 radical (unpaired) electrons. The molecule has 2 heteroatoms. The third-order valence-corrected chi connectivity index (χ3v) is 6.49. The second-order valence-corrected chi connectivity index (χ2v) is 8.77. The van der Waals surface area contributed by atoms with Gasteiger partial charge in [-0.25, -0.2) is 0 Å². The molecular formula is C26H41NO. The molecule has 28 heavy (non-hydrogen) atoms. The van der Waals surface area contributed by atoms with Gasteiger partial charge in [-0.15, -0.1) is 0 Å². The molecule has 0 heterocycles. The summed E-state index contributed by atoms with van der Waals surface area (Å²) in [5.74, 6) is 2.62. The van der Waals surface area contributed by atoms with Gasteiger partial charge in [0.25, 0.3) is 0 Å². The largest absolute Gasteiger partial charge is 0.494 e. The van der Waals surface area contributed by atoms with E-state index in [-0.39, 0.29) is 5.92 Å². The van der Waals surface area contributed by atoms with Crippen LogP contribution >= 0.6 is 0 Å². The normalized spacial score (nSPS) is 20.5. The van der Waals surface area contributed by atoms with Crippen LogP contribution in [0.4, 0.5) is 0 Å². The lowest BCUT2D eigenvalue weighted by Crippen LogP contribution is -2.22. The van der Waals surface area contributed by atoms with Crippen LogP contribution in [0.3, 0.4) is 0 Å². The molecular weight excluding hydrogens is 342 g/mol. The van der Waals surface area contributed by atoms with E-state index in [1.54, 1.807) is 0 Å². The van der Waals surface area contributed by atoms with E-state index in [1.807, 2.05) is 0 Å². The Hall–Kier alpha value is -1.49. The van der Waals surface area contributed by atoms with Crippen LogP contribution < -0.4 is 4.74 Å². The van der Waals surface area contributed by atoms with Crippen molar-refractivity contribution in [2.75, 3.05) is 6.61 Å². The fourth-order valence-electron chi connectivity index (χ4n) is 4.56. The van der Waals surface area contributed by atoms with Crippen molar-refractivity contribution < 1.29 is 4.74 Å². The van der Waals surface area contributed by atoms with Gasteiger partial charge in [-0.2, -0.15) is 5.26 Å². The molecule has 0 amide bonds. The first kappa shape index (κ1) is 22.8. The Morgan fingerprint density at radius 3 is 2.25 bits per heavy atom. The smallest absolute Gasteiger partial charge is 0.119 e. The first-order valence-electron chi connectivity index (χ1n) is 11.9. The van der Waals surface area contributed by atoms with E-state index < -0.39 is 0 Å². The lowest BCUT2D eigenvalue weighted by atomic mass is 9.73. The molecule has 1 fully saturated rings. The Kier molecular flexibility index (Phi) is 11.1. The van der Waals surface area contributed by atoms with Crippen molar-refractivity contribution in [1.29, 1.82) is 5.26 Å². The molecule has 1 atom stereocenters. The molecule has 1 aliphatic carbocycles. The van der Waals surface area contributed by atoms with Crippen LogP contribution in [-0.2, 0) is 6.42 Å². The Morgan fingerprint density at radius 1 is 0.929 bits per heavy atom. The van der Waals surface area contributed by atoms with E-state index in [4.69, 9.17) is 4.74 Å². The Balaban J connectivity index is 1.72. The number of hydrogen-bond donors (Lipinski definition) is 0. The highest BCUT2D eigenvalue weighted by Crippen LogP contribution is 2.36. The highest BCUT2D eigenvalue weighted by Gasteiger charge is 2.27. The van der Waals surface area contributed by atoms with Crippen molar-refractivity contribution in [3.05, 3.63) is 29.8 Å². The van der Waals surface area contributed by atoms with Crippen molar-refractivity contribution in [3.63, 3.8) is 0 Å². The standard InChI is InChI=1S/C26H41NO/c1-3-5-7-8-9-19-28-26-17-13-23(14-18-26)20-25(21-27)24-15-11-22(12-16-24)10-6-4-2/h13-14,17-18,22,24-25H,3-12,15-16,19-20H2,1-2H3. The van der Waals surface area contributed by atoms with Crippen LogP contribution in [0, 0.1) is 29.1 Å². The third kappa shape index (κ3) is 8.26. The molecule has 1 unspecified atom stereocenters. The minimum Gasteiger partial charge on any atom is -0.494 e. The van der Waals surface area contributed by atoms with Crippen LogP contribution in [0.25, 0.3) is 0 Å². The molecule has 1 aromatic carbocycles. The topological polar surface area (TPSA) is 33.0 Å². The van der Waals surface area contributed by atoms with Gasteiger partial charge >= 0.3 is 0 Å². The number of nitrogens with zero attached hydrogens (tertiary/aromatic N) is 1. The summed E-state index contributed by atoms with van der Waals surface area (Å²) in [5.41, 5.74) is 1.27. The van der Waals surface area contributed by atoms with Crippen molar-refractivity contribution in [2.45, 2.75) is 97.3 Å². The fraction of sp³-hybridized carbons (Fsp3) is 0.731. The third-order valence-electron chi connectivity index (χ3n) is 6.49. The summed E-state index contributed by atoms with van der Waals surface area (Å²) < 4.78 is 5.87. The monoisotopic (exact) mass is 383 g/mol. The molecule has 0 aromatic heterocycles. The van der Waals surface area contributed by atoms with Gasteiger partial charge in [0.2, 0.25) is 0 Å². The molecule has 2 nitrogen and oxygen atoms in total. The van der Waals surface area contributed by atoms with Crippen molar-refractivity contribution in [1.82, 2.24) is 0 Å². The molecule has 2 rings (SSSR count). The van der Waals surface area contributed by atoms with Crippen LogP contribution in [0.5, 0.6) is 5.75 Å². The van der Waals surface area contributed by atoms with E-state index in [9.17, 15) is 5.26 Å². The maximum Gasteiger partial charge on any atom is 0.119 e. The van der Waals surface area contributed by atoms with E-state index in [2.05, 4.69) is 44.2 Å². The summed E-state index contributed by atoms with van der Waals surface area (Å²) in [6.07, 6.45) is 16.4. The average Bonchev–Trinajstić information content (AvgIpc) is 2.74. The molecule has 0 saturated heterocycles. The zero-order chi connectivity index (χ0) is 20.0. The van der Waals surface area contributed by atoms with Crippen molar-refractivity contribution >= 4 is 0 Å². The molecule has 1 aliphatic rings. The first-order chi connectivity index (χ1) is 13.8. The summed E-state index contributed by atoms with van der Waals surface area (Å²) in [4.78, 5) is 0. The number of hydrogen-bond acceptors (Lipinski definition) is 2. The summed E-state index contributed by atoms with van der Waals surface area (Å²) in [6.45, 7) is 5.33. The average molecular weight is 384 g/mol. The second-order valence-electron chi connectivity index (χ2n) is 8.77. The summed E-state index contributed by atoms with van der Waals surface area (Å²) in [5, 5.41) is 9.73. The van der Waals surface area contributed by atoms with E-state index >= 15 is 0 Å². The van der Waals surface area contributed by atoms with Gasteiger partial charge in [-0.3, -0.25) is 0 Å². The summed E-state index contributed by atoms with van der Waals surface area (Å²) in [7, 11) is 0. The molecule has 0 N–H and O–H groups in total. The summed E-state index contributed by atoms with van der Waals surface area (Å²) >= 11 is 0. The van der Waals surface area contributed by atoms with Gasteiger partial charge in [-0.05, 0) is 55.2 Å². The first-order valence-corrected chi connectivity index (χ1v) is 11.9. The highest BCUT2D eigenvalue weighted by atomic mass is 16.5. The molecule has 0 bridgehead atoms. The van der Waals surface area contributed by atoms with E-state index in [0.29, 0.717) is 5.92 Å². The van der Waals surface area contributed by atoms with Gasteiger partial charge in [0.1, 0.15) is 5.75 Å². The molecule has 0 aliphatic heterocycles. The molecule has 1 aromatic rings. The lowest BCUT2D eigenvalue weighted by Gasteiger charge is -2.31. The predicted octanol–water partition coefficient (Wildman–Crippen LogP) is 7.71. The van der Waals surface area contributed by atoms with E-state index in [0.717, 1.165) is 31.1 Å². The number of benzene rings is 1. The van der Waals surface area contributed by atoms with Gasteiger partial charge in [-0.1, -0.05) is 83.8 Å². The minimum atomic E-state index is 0.164. The fourth-order valence-corrected chi connectivity index (χ4v) is 4.56. The molecule has 0 spiro atoms. The van der Waals surface area contributed by atoms with Crippen LogP contribution in [0.15, 0.2) is 24.3 Å². The Bertz CT molecular complexity index is 551. The zero-order valence-corrected chi connectivity index (χ0v) is 18.3. The summed E-state index contributed by atoms with van der Waals surface area (Å²) in [6, 6.07) is 11.1. The van der Waals surface area contributed by atoms with Crippen molar-refractivity contribution in [3.8, 4) is 11.8 Å². The number of rotatable bonds is 13. The Morgan fingerprint density at radius 2 is 1.61 bits per heavy atom. The number of ether oxygens (including phenoxy) is 1. The number of unbranched alkanes of at least 4 members (excludes halogenated alkanes) is 5. The lowest BCUT2D eigenvalue weighted by molar-refractivity contribution is 0.221.